The van der Waals surface area contributed by atoms with Gasteiger partial charge >= 0.3 is 0 Å². The lowest BCUT2D eigenvalue weighted by atomic mass is 10.1. The lowest BCUT2D eigenvalue weighted by Crippen LogP contribution is -2.42. The molecule has 0 radical (unpaired) electrons. The molecule has 0 saturated carbocycles. The van der Waals surface area contributed by atoms with E-state index < -0.39 is 0 Å². The smallest absolute Gasteiger partial charge is 0.119 e. The number of nitrogens with one attached hydrogen (secondary N) is 1. The van der Waals surface area contributed by atoms with Crippen LogP contribution in [0.2, 0.25) is 0 Å². The van der Waals surface area contributed by atoms with E-state index in [-0.39, 0.29) is 6.10 Å². The summed E-state index contributed by atoms with van der Waals surface area (Å²) >= 11 is 0. The van der Waals surface area contributed by atoms with Crippen LogP contribution in [-0.4, -0.2) is 25.8 Å². The summed E-state index contributed by atoms with van der Waals surface area (Å²) in [5.74, 6) is 0.923. The first-order valence-corrected chi connectivity index (χ1v) is 6.41. The molecule has 17 heavy (non-hydrogen) atoms. The predicted octanol–water partition coefficient (Wildman–Crippen LogP) is 2.52. The van der Waals surface area contributed by atoms with Crippen molar-refractivity contribution in [1.82, 2.24) is 5.32 Å². The van der Waals surface area contributed by atoms with E-state index in [0.29, 0.717) is 12.6 Å². The van der Waals surface area contributed by atoms with Gasteiger partial charge in [-0.1, -0.05) is 19.1 Å². The molecule has 1 aromatic rings. The fourth-order valence-electron chi connectivity index (χ4n) is 2.05. The second kappa shape index (κ2) is 6.03. The highest BCUT2D eigenvalue weighted by Crippen LogP contribution is 2.23. The maximum absolute atomic E-state index is 5.86. The van der Waals surface area contributed by atoms with Crippen LogP contribution in [0, 0.1) is 0 Å². The zero-order valence-electron chi connectivity index (χ0n) is 10.6. The number of morpholine rings is 1. The Kier molecular flexibility index (Phi) is 4.40. The summed E-state index contributed by atoms with van der Waals surface area (Å²) in [6.07, 6.45) is 1.30. The zero-order chi connectivity index (χ0) is 12.1. The average Bonchev–Trinajstić information content (AvgIpc) is 2.40. The molecule has 2 atom stereocenters. The molecule has 1 aromatic carbocycles. The molecule has 1 fully saturated rings. The highest BCUT2D eigenvalue weighted by molar-refractivity contribution is 5.29. The summed E-state index contributed by atoms with van der Waals surface area (Å²) in [6.45, 7) is 6.57. The molecule has 3 nitrogen and oxygen atoms in total. The Bertz CT molecular complexity index is 329. The van der Waals surface area contributed by atoms with Gasteiger partial charge in [-0.2, -0.15) is 0 Å². The van der Waals surface area contributed by atoms with E-state index in [9.17, 15) is 0 Å². The Morgan fingerprint density at radius 1 is 1.29 bits per heavy atom. The lowest BCUT2D eigenvalue weighted by molar-refractivity contribution is 0.00221. The van der Waals surface area contributed by atoms with E-state index in [1.165, 1.54) is 5.56 Å². The van der Waals surface area contributed by atoms with Gasteiger partial charge in [0.05, 0.1) is 19.3 Å². The van der Waals surface area contributed by atoms with Crippen molar-refractivity contribution in [2.24, 2.45) is 0 Å². The molecule has 1 heterocycles. The van der Waals surface area contributed by atoms with Crippen molar-refractivity contribution in [3.05, 3.63) is 29.8 Å². The van der Waals surface area contributed by atoms with Gasteiger partial charge in [0.2, 0.25) is 0 Å². The van der Waals surface area contributed by atoms with Gasteiger partial charge in [0.15, 0.2) is 0 Å². The van der Waals surface area contributed by atoms with Crippen LogP contribution in [0.5, 0.6) is 5.75 Å². The molecule has 1 aliphatic rings. The second-order valence-electron chi connectivity index (χ2n) is 4.34. The van der Waals surface area contributed by atoms with Gasteiger partial charge in [-0.3, -0.25) is 0 Å². The first kappa shape index (κ1) is 12.4. The quantitative estimate of drug-likeness (QED) is 0.870. The summed E-state index contributed by atoms with van der Waals surface area (Å²) in [6, 6.07) is 8.70. The third kappa shape index (κ3) is 3.20. The van der Waals surface area contributed by atoms with E-state index in [2.05, 4.69) is 24.4 Å². The minimum atomic E-state index is 0.175. The molecule has 1 N–H and O–H groups in total. The van der Waals surface area contributed by atoms with Gasteiger partial charge in [-0.15, -0.1) is 0 Å². The van der Waals surface area contributed by atoms with Crippen LogP contribution in [0.1, 0.15) is 31.9 Å². The van der Waals surface area contributed by atoms with Gasteiger partial charge in [-0.05, 0) is 31.0 Å². The average molecular weight is 235 g/mol. The Morgan fingerprint density at radius 3 is 2.59 bits per heavy atom. The number of ether oxygens (including phenoxy) is 2. The maximum Gasteiger partial charge on any atom is 0.119 e. The van der Waals surface area contributed by atoms with Crippen LogP contribution in [0.3, 0.4) is 0 Å². The number of hydrogen-bond donors (Lipinski definition) is 1. The Morgan fingerprint density at radius 2 is 2.06 bits per heavy atom. The number of hydrogen-bond acceptors (Lipinski definition) is 3. The van der Waals surface area contributed by atoms with E-state index in [4.69, 9.17) is 9.47 Å². The molecule has 0 spiro atoms. The molecule has 2 rings (SSSR count). The Balaban J connectivity index is 1.94. The third-order valence-electron chi connectivity index (χ3n) is 3.15. The highest BCUT2D eigenvalue weighted by Gasteiger charge is 2.20. The molecule has 1 aliphatic heterocycles. The minimum absolute atomic E-state index is 0.175. The molecule has 0 bridgehead atoms. The first-order valence-electron chi connectivity index (χ1n) is 6.41. The standard InChI is InChI=1S/C14H21NO2/c1-3-12-10-17-14(9-15-12)11-5-7-13(8-6-11)16-4-2/h5-8,12,14-15H,3-4,9-10H2,1-2H3. The van der Waals surface area contributed by atoms with Crippen molar-refractivity contribution in [3.8, 4) is 5.75 Å². The van der Waals surface area contributed by atoms with E-state index >= 15 is 0 Å². The second-order valence-corrected chi connectivity index (χ2v) is 4.34. The molecular formula is C14H21NO2. The highest BCUT2D eigenvalue weighted by atomic mass is 16.5. The molecule has 0 amide bonds. The molecule has 94 valence electrons. The predicted molar refractivity (Wildman–Crippen MR) is 68.4 cm³/mol. The topological polar surface area (TPSA) is 30.5 Å². The number of rotatable bonds is 4. The van der Waals surface area contributed by atoms with E-state index in [0.717, 1.165) is 25.3 Å². The van der Waals surface area contributed by atoms with Crippen molar-refractivity contribution in [2.75, 3.05) is 19.8 Å². The van der Waals surface area contributed by atoms with Crippen LogP contribution in [0.25, 0.3) is 0 Å². The van der Waals surface area contributed by atoms with Gasteiger partial charge < -0.3 is 14.8 Å². The van der Waals surface area contributed by atoms with Crippen LogP contribution < -0.4 is 10.1 Å². The monoisotopic (exact) mass is 235 g/mol. The molecule has 0 aromatic heterocycles. The van der Waals surface area contributed by atoms with E-state index in [1.54, 1.807) is 0 Å². The molecular weight excluding hydrogens is 214 g/mol. The normalized spacial score (nSPS) is 24.6. The summed E-state index contributed by atoms with van der Waals surface area (Å²) in [4.78, 5) is 0. The lowest BCUT2D eigenvalue weighted by Gasteiger charge is -2.30. The van der Waals surface area contributed by atoms with Crippen LogP contribution in [0.15, 0.2) is 24.3 Å². The molecule has 1 saturated heterocycles. The Labute approximate surface area is 103 Å². The molecule has 0 aliphatic carbocycles. The first-order chi connectivity index (χ1) is 8.33. The number of benzene rings is 1. The van der Waals surface area contributed by atoms with E-state index in [1.807, 2.05) is 19.1 Å². The zero-order valence-corrected chi connectivity index (χ0v) is 10.6. The van der Waals surface area contributed by atoms with Crippen molar-refractivity contribution in [2.45, 2.75) is 32.4 Å². The van der Waals surface area contributed by atoms with Crippen molar-refractivity contribution in [1.29, 1.82) is 0 Å². The van der Waals surface area contributed by atoms with Crippen LogP contribution >= 0.6 is 0 Å². The van der Waals surface area contributed by atoms with Gasteiger partial charge in [-0.25, -0.2) is 0 Å². The van der Waals surface area contributed by atoms with Gasteiger partial charge in [0.1, 0.15) is 5.75 Å². The molecule has 3 heteroatoms. The van der Waals surface area contributed by atoms with Gasteiger partial charge in [0.25, 0.3) is 0 Å². The van der Waals surface area contributed by atoms with Gasteiger partial charge in [0, 0.05) is 12.6 Å². The SMILES string of the molecule is CCOc1ccc(C2CNC(CC)CO2)cc1. The third-order valence-corrected chi connectivity index (χ3v) is 3.15. The minimum Gasteiger partial charge on any atom is -0.494 e. The van der Waals surface area contributed by atoms with Crippen molar-refractivity contribution in [3.63, 3.8) is 0 Å². The maximum atomic E-state index is 5.86. The molecule has 2 unspecified atom stereocenters. The van der Waals surface area contributed by atoms with Crippen LogP contribution in [-0.2, 0) is 4.74 Å². The van der Waals surface area contributed by atoms with Crippen LogP contribution in [0.4, 0.5) is 0 Å². The van der Waals surface area contributed by atoms with Crippen molar-refractivity contribution >= 4 is 0 Å². The summed E-state index contributed by atoms with van der Waals surface area (Å²) in [5, 5.41) is 3.50. The summed E-state index contributed by atoms with van der Waals surface area (Å²) in [5.41, 5.74) is 1.22. The Hall–Kier alpha value is -1.06. The summed E-state index contributed by atoms with van der Waals surface area (Å²) < 4.78 is 11.3. The summed E-state index contributed by atoms with van der Waals surface area (Å²) in [7, 11) is 0. The fraction of sp³-hybridized carbons (Fsp3) is 0.571. The fourth-order valence-corrected chi connectivity index (χ4v) is 2.05. The largest absolute Gasteiger partial charge is 0.494 e. The van der Waals surface area contributed by atoms with Crippen molar-refractivity contribution < 1.29 is 9.47 Å².